The predicted octanol–water partition coefficient (Wildman–Crippen LogP) is 7.46. The van der Waals surface area contributed by atoms with Crippen molar-refractivity contribution in [3.8, 4) is 22.5 Å². The number of carbonyl (C=O) groups is 3. The molecule has 2 N–H and O–H groups in total. The van der Waals surface area contributed by atoms with E-state index in [9.17, 15) is 23.2 Å². The van der Waals surface area contributed by atoms with Crippen molar-refractivity contribution in [3.05, 3.63) is 57.7 Å². The summed E-state index contributed by atoms with van der Waals surface area (Å²) in [6.45, 7) is 15.7. The van der Waals surface area contributed by atoms with Crippen molar-refractivity contribution < 1.29 is 42.1 Å². The van der Waals surface area contributed by atoms with Crippen molar-refractivity contribution in [2.24, 2.45) is 23.2 Å². The average Bonchev–Trinajstić information content (AvgIpc) is 3.60. The molecule has 5 aliphatic rings. The molecule has 14 nitrogen and oxygen atoms in total. The molecule has 1 aliphatic carbocycles. The summed E-state index contributed by atoms with van der Waals surface area (Å²) in [7, 11) is 1.70. The van der Waals surface area contributed by atoms with Crippen molar-refractivity contribution in [2.45, 2.75) is 123 Å². The van der Waals surface area contributed by atoms with Gasteiger partial charge in [0.2, 0.25) is 5.91 Å². The smallest absolute Gasteiger partial charge is 0.324 e. The van der Waals surface area contributed by atoms with Gasteiger partial charge in [0.25, 0.3) is 12.3 Å². The van der Waals surface area contributed by atoms with E-state index in [0.717, 1.165) is 78.1 Å². The molecule has 2 amide bonds. The van der Waals surface area contributed by atoms with Gasteiger partial charge in [-0.05, 0) is 99.6 Å². The summed E-state index contributed by atoms with van der Waals surface area (Å²) in [6.07, 6.45) is 0.931. The van der Waals surface area contributed by atoms with Gasteiger partial charge >= 0.3 is 5.97 Å². The molecule has 9 rings (SSSR count). The number of methoxy groups -OCH3 is 1. The van der Waals surface area contributed by atoms with Crippen LogP contribution < -0.4 is 10.7 Å². The Morgan fingerprint density at radius 3 is 2.67 bits per heavy atom. The van der Waals surface area contributed by atoms with Crippen molar-refractivity contribution in [1.82, 2.24) is 35.2 Å². The fourth-order valence-corrected chi connectivity index (χ4v) is 11.8. The number of benzene rings is 1. The number of alkyl halides is 2. The van der Waals surface area contributed by atoms with E-state index in [0.29, 0.717) is 43.5 Å². The maximum absolute atomic E-state index is 14.6. The van der Waals surface area contributed by atoms with Gasteiger partial charge in [0.05, 0.1) is 43.0 Å². The van der Waals surface area contributed by atoms with E-state index < -0.39 is 48.5 Å². The number of hydrogen-bond donors (Lipinski definition) is 2. The molecule has 6 bridgehead atoms. The number of morpholine rings is 1. The second-order valence-electron chi connectivity index (χ2n) is 20.1. The van der Waals surface area contributed by atoms with Gasteiger partial charge in [-0.2, -0.15) is 0 Å². The molecular formula is C50H65F2N7O7S. The summed E-state index contributed by atoms with van der Waals surface area (Å²) in [5, 5.41) is 7.29. The number of thiazole rings is 1. The van der Waals surface area contributed by atoms with E-state index in [1.807, 2.05) is 38.4 Å². The number of amides is 2. The Kier molecular flexibility index (Phi) is 13.9. The van der Waals surface area contributed by atoms with Crippen molar-refractivity contribution in [3.63, 3.8) is 0 Å². The largest absolute Gasteiger partial charge is 0.464 e. The first-order chi connectivity index (χ1) is 32.2. The van der Waals surface area contributed by atoms with Gasteiger partial charge in [-0.1, -0.05) is 33.8 Å². The van der Waals surface area contributed by atoms with Crippen LogP contribution in [0, 0.1) is 23.2 Å². The molecule has 7 heterocycles. The lowest BCUT2D eigenvalue weighted by Crippen LogP contribution is -2.61. The summed E-state index contributed by atoms with van der Waals surface area (Å²) in [6, 6.07) is 6.63. The minimum absolute atomic E-state index is 0.0888. The summed E-state index contributed by atoms with van der Waals surface area (Å²) in [4.78, 5) is 55.2. The van der Waals surface area contributed by atoms with Gasteiger partial charge < -0.3 is 28.8 Å². The molecule has 67 heavy (non-hydrogen) atoms. The number of piperidine rings is 1. The Bertz CT molecular complexity index is 2470. The highest BCUT2D eigenvalue weighted by molar-refractivity contribution is 7.10. The van der Waals surface area contributed by atoms with E-state index in [1.165, 1.54) is 21.9 Å². The maximum atomic E-state index is 14.6. The van der Waals surface area contributed by atoms with Crippen LogP contribution in [0.2, 0.25) is 0 Å². The van der Waals surface area contributed by atoms with E-state index in [2.05, 4.69) is 59.2 Å². The van der Waals surface area contributed by atoms with Crippen molar-refractivity contribution >= 4 is 40.0 Å². The highest BCUT2D eigenvalue weighted by Crippen LogP contribution is 2.47. The van der Waals surface area contributed by atoms with Crippen LogP contribution in [-0.4, -0.2) is 120 Å². The Morgan fingerprint density at radius 2 is 1.93 bits per heavy atom. The minimum atomic E-state index is -2.85. The maximum Gasteiger partial charge on any atom is 0.324 e. The molecule has 0 spiro atoms. The second-order valence-corrected chi connectivity index (χ2v) is 21.0. The number of rotatable bonds is 10. The summed E-state index contributed by atoms with van der Waals surface area (Å²) < 4.78 is 54.3. The summed E-state index contributed by atoms with van der Waals surface area (Å²) >= 11 is 1.19. The Hall–Kier alpha value is -4.39. The van der Waals surface area contributed by atoms with Gasteiger partial charge in [-0.25, -0.2) is 19.2 Å². The highest BCUT2D eigenvalue weighted by Gasteiger charge is 2.50. The van der Waals surface area contributed by atoms with Gasteiger partial charge in [0.15, 0.2) is 0 Å². The number of aromatic nitrogens is 3. The number of fused-ring (bicyclic) bond motifs is 7. The molecule has 4 aromatic rings. The van der Waals surface area contributed by atoms with Gasteiger partial charge in [0, 0.05) is 77.7 Å². The third kappa shape index (κ3) is 9.65. The number of halogens is 2. The molecule has 1 aromatic carbocycles. The molecule has 17 heteroatoms. The molecule has 4 fully saturated rings. The summed E-state index contributed by atoms with van der Waals surface area (Å²) in [5.41, 5.74) is 9.96. The van der Waals surface area contributed by atoms with Crippen LogP contribution in [-0.2, 0) is 46.3 Å². The van der Waals surface area contributed by atoms with E-state index in [4.69, 9.17) is 28.9 Å². The van der Waals surface area contributed by atoms with Crippen LogP contribution in [0.1, 0.15) is 107 Å². The Labute approximate surface area is 395 Å². The van der Waals surface area contributed by atoms with Gasteiger partial charge in [0.1, 0.15) is 29.8 Å². The lowest BCUT2D eigenvalue weighted by molar-refractivity contribution is -0.157. The standard InChI is InChI=1S/C50H65F2N7O7S/c1-8-58-39-12-11-31-19-34(39)36(44(58)35-20-32(22-53-42(35)29(4)63-7)30-13-15-57-16-17-64-23-33(57)18-30)21-50(5,6)26-66-49(62)37-10-9-14-59(56-37)48(61)43(55-46(60)41-27(2)28(41)3)45(65-24-40(51)52)47-54-38(31)25-67-47/h11-12,19-20,22,25,27-30,33,37,40-41,43,45,56H,8-10,13-18,21,23-24,26H2,1-7H3,(H,55,60)/t27-,28+,29-,30+,33-,37-,41?,43-,45-/m0/s1. The molecule has 4 aliphatic heterocycles. The lowest BCUT2D eigenvalue weighted by Gasteiger charge is -2.42. The monoisotopic (exact) mass is 945 g/mol. The number of nitrogens with zero attached hydrogens (tertiary/aromatic N) is 5. The molecule has 9 atom stereocenters. The van der Waals surface area contributed by atoms with Crippen LogP contribution in [0.25, 0.3) is 33.4 Å². The fraction of sp³-hybridized carbons (Fsp3) is 0.620. The van der Waals surface area contributed by atoms with Crippen LogP contribution >= 0.6 is 11.3 Å². The molecular weight excluding hydrogens is 881 g/mol. The predicted molar refractivity (Wildman–Crippen MR) is 250 cm³/mol. The zero-order valence-corrected chi connectivity index (χ0v) is 40.5. The number of hydrogen-bond acceptors (Lipinski definition) is 12. The van der Waals surface area contributed by atoms with Gasteiger partial charge in [-0.3, -0.25) is 29.3 Å². The normalized spacial score (nSPS) is 28.5. The molecule has 3 aromatic heterocycles. The molecule has 1 saturated carbocycles. The lowest BCUT2D eigenvalue weighted by atomic mass is 9.82. The molecule has 0 radical (unpaired) electrons. The number of hydrazine groups is 1. The third-order valence-corrected chi connectivity index (χ3v) is 15.9. The zero-order valence-electron chi connectivity index (χ0n) is 39.7. The number of esters is 1. The Morgan fingerprint density at radius 1 is 1.12 bits per heavy atom. The number of ether oxygens (including phenoxy) is 4. The number of pyridine rings is 1. The highest BCUT2D eigenvalue weighted by atomic mass is 32.1. The van der Waals surface area contributed by atoms with E-state index in [-0.39, 0.29) is 47.9 Å². The van der Waals surface area contributed by atoms with Crippen LogP contribution in [0.4, 0.5) is 8.78 Å². The second kappa shape index (κ2) is 19.5. The van der Waals surface area contributed by atoms with Crippen molar-refractivity contribution in [2.75, 3.05) is 53.2 Å². The molecule has 1 unspecified atom stereocenters. The number of carbonyl (C=O) groups excluding carboxylic acids is 3. The quantitative estimate of drug-likeness (QED) is 0.153. The zero-order chi connectivity index (χ0) is 47.3. The number of cyclic esters (lactones) is 1. The van der Waals surface area contributed by atoms with Gasteiger partial charge in [-0.15, -0.1) is 11.3 Å². The SMILES string of the molecule is CCn1c(-c2cc([C@@H]3CCN4CCOC[C@@H]4C3)cnc2[C@H](C)OC)c2c3cc(ccc31)-c1csc(n1)[C@@H](OCC(F)F)[C@H](NC(=O)C1[C@@H](C)[C@H]1C)C(=O)N1CCC[C@H](N1)C(=O)OCC(C)(C)C2. The van der Waals surface area contributed by atoms with Crippen LogP contribution in [0.5, 0.6) is 0 Å². The summed E-state index contributed by atoms with van der Waals surface area (Å²) in [5.74, 6) is -1.35. The topological polar surface area (TPSA) is 149 Å². The minimum Gasteiger partial charge on any atom is -0.464 e. The number of nitrogens with one attached hydrogen (secondary N) is 2. The Balaban J connectivity index is 1.19. The third-order valence-electron chi connectivity index (χ3n) is 15.0. The fourth-order valence-electron chi connectivity index (χ4n) is 10.9. The first kappa shape index (κ1) is 47.7. The molecule has 362 valence electrons. The average molecular weight is 946 g/mol. The first-order valence-electron chi connectivity index (χ1n) is 24.1. The van der Waals surface area contributed by atoms with Crippen LogP contribution in [0.15, 0.2) is 35.8 Å². The first-order valence-corrected chi connectivity index (χ1v) is 24.9. The van der Waals surface area contributed by atoms with Crippen molar-refractivity contribution in [1.29, 1.82) is 0 Å². The van der Waals surface area contributed by atoms with Crippen LogP contribution in [0.3, 0.4) is 0 Å². The molecule has 3 saturated heterocycles. The van der Waals surface area contributed by atoms with E-state index in [1.54, 1.807) is 7.11 Å². The van der Waals surface area contributed by atoms with E-state index >= 15 is 0 Å². The number of aryl methyl sites for hydroxylation is 1.